The maximum Gasteiger partial charge on any atom is 0.308 e. The van der Waals surface area contributed by atoms with E-state index in [4.69, 9.17) is 5.11 Å². The van der Waals surface area contributed by atoms with E-state index in [2.05, 4.69) is 0 Å². The molecule has 2 rings (SSSR count). The fraction of sp³-hybridized carbons (Fsp3) is 0.154. The highest BCUT2D eigenvalue weighted by atomic mass is 32.2. The van der Waals surface area contributed by atoms with Crippen molar-refractivity contribution in [2.75, 3.05) is 11.4 Å². The van der Waals surface area contributed by atoms with Crippen molar-refractivity contribution in [2.45, 2.75) is 10.6 Å². The first kappa shape index (κ1) is 15.5. The molecule has 21 heavy (non-hydrogen) atoms. The normalized spacial score (nSPS) is 11.3. The minimum Gasteiger partial charge on any atom is -0.481 e. The molecule has 0 radical (unpaired) electrons. The number of hydrogen-bond donors (Lipinski definition) is 1. The molecule has 0 unspecified atom stereocenters. The molecule has 2 aromatic rings. The minimum atomic E-state index is -3.78. The van der Waals surface area contributed by atoms with Crippen LogP contribution < -0.4 is 4.31 Å². The molecule has 8 heteroatoms. The van der Waals surface area contributed by atoms with Crippen LogP contribution in [0.25, 0.3) is 0 Å². The lowest BCUT2D eigenvalue weighted by Gasteiger charge is -2.18. The molecular formula is C13H12FNO4S2. The summed E-state index contributed by atoms with van der Waals surface area (Å²) in [4.78, 5) is 11.1. The number of anilines is 1. The Labute approximate surface area is 125 Å². The summed E-state index contributed by atoms with van der Waals surface area (Å²) in [6, 6.07) is 7.91. The van der Waals surface area contributed by atoms with Gasteiger partial charge in [0.05, 0.1) is 12.1 Å². The van der Waals surface area contributed by atoms with E-state index in [1.165, 1.54) is 43.4 Å². The van der Waals surface area contributed by atoms with E-state index in [-0.39, 0.29) is 10.6 Å². The average molecular weight is 329 g/mol. The van der Waals surface area contributed by atoms with Gasteiger partial charge < -0.3 is 5.11 Å². The third-order valence-electron chi connectivity index (χ3n) is 2.77. The lowest BCUT2D eigenvalue weighted by molar-refractivity contribution is -0.136. The minimum absolute atomic E-state index is 0.0468. The van der Waals surface area contributed by atoms with Crippen LogP contribution in [0.4, 0.5) is 10.1 Å². The van der Waals surface area contributed by atoms with E-state index < -0.39 is 21.8 Å². The molecule has 0 fully saturated rings. The second-order valence-electron chi connectivity index (χ2n) is 4.24. The average Bonchev–Trinajstić information content (AvgIpc) is 2.87. The Morgan fingerprint density at radius 1 is 1.24 bits per heavy atom. The van der Waals surface area contributed by atoms with Crippen LogP contribution in [-0.4, -0.2) is 26.5 Å². The Hall–Kier alpha value is -1.93. The van der Waals surface area contributed by atoms with Gasteiger partial charge in [0.2, 0.25) is 0 Å². The van der Waals surface area contributed by atoms with Crippen molar-refractivity contribution in [2.24, 2.45) is 0 Å². The summed E-state index contributed by atoms with van der Waals surface area (Å²) >= 11 is 0.910. The molecule has 1 aromatic heterocycles. The predicted octanol–water partition coefficient (Wildman–Crippen LogP) is 2.34. The SMILES string of the molecule is CN(c1ccc(F)cc1)S(=O)(=O)c1ccc(CC(=O)O)s1. The van der Waals surface area contributed by atoms with Gasteiger partial charge in [0.15, 0.2) is 0 Å². The van der Waals surface area contributed by atoms with E-state index >= 15 is 0 Å². The summed E-state index contributed by atoms with van der Waals surface area (Å²) in [5.74, 6) is -1.47. The lowest BCUT2D eigenvalue weighted by atomic mass is 10.3. The van der Waals surface area contributed by atoms with Gasteiger partial charge in [0.25, 0.3) is 10.0 Å². The van der Waals surface area contributed by atoms with E-state index in [1.807, 2.05) is 0 Å². The maximum atomic E-state index is 12.9. The third kappa shape index (κ3) is 3.40. The summed E-state index contributed by atoms with van der Waals surface area (Å²) < 4.78 is 38.8. The number of thiophene rings is 1. The van der Waals surface area contributed by atoms with E-state index in [0.29, 0.717) is 10.6 Å². The highest BCUT2D eigenvalue weighted by Gasteiger charge is 2.23. The molecule has 0 bridgehead atoms. The molecule has 0 aliphatic heterocycles. The smallest absolute Gasteiger partial charge is 0.308 e. The number of halogens is 1. The van der Waals surface area contributed by atoms with Crippen molar-refractivity contribution >= 4 is 33.0 Å². The van der Waals surface area contributed by atoms with Crippen molar-refractivity contribution in [1.82, 2.24) is 0 Å². The second kappa shape index (κ2) is 5.82. The van der Waals surface area contributed by atoms with Crippen molar-refractivity contribution in [3.63, 3.8) is 0 Å². The van der Waals surface area contributed by atoms with Crippen LogP contribution in [0.2, 0.25) is 0 Å². The molecule has 112 valence electrons. The van der Waals surface area contributed by atoms with Crippen molar-refractivity contribution in [3.8, 4) is 0 Å². The molecule has 0 aliphatic carbocycles. The number of rotatable bonds is 5. The van der Waals surface area contributed by atoms with Gasteiger partial charge in [0, 0.05) is 11.9 Å². The summed E-state index contributed by atoms with van der Waals surface area (Å²) in [6.07, 6.45) is -0.222. The predicted molar refractivity (Wildman–Crippen MR) is 77.6 cm³/mol. The van der Waals surface area contributed by atoms with Crippen LogP contribution in [0.3, 0.4) is 0 Å². The summed E-state index contributed by atoms with van der Waals surface area (Å²) in [5, 5.41) is 8.70. The number of carboxylic acid groups (broad SMARTS) is 1. The van der Waals surface area contributed by atoms with Gasteiger partial charge >= 0.3 is 5.97 Å². The number of benzene rings is 1. The number of sulfonamides is 1. The molecule has 1 heterocycles. The Morgan fingerprint density at radius 3 is 2.43 bits per heavy atom. The first-order valence-corrected chi connectivity index (χ1v) is 8.11. The first-order chi connectivity index (χ1) is 9.80. The van der Waals surface area contributed by atoms with Crippen LogP contribution in [0, 0.1) is 5.82 Å². The van der Waals surface area contributed by atoms with E-state index in [1.54, 1.807) is 0 Å². The number of hydrogen-bond acceptors (Lipinski definition) is 4. The highest BCUT2D eigenvalue weighted by Crippen LogP contribution is 2.28. The fourth-order valence-electron chi connectivity index (χ4n) is 1.67. The molecule has 0 saturated carbocycles. The molecule has 0 amide bonds. The van der Waals surface area contributed by atoms with Gasteiger partial charge in [-0.05, 0) is 36.4 Å². The monoisotopic (exact) mass is 329 g/mol. The molecular weight excluding hydrogens is 317 g/mol. The fourth-order valence-corrected chi connectivity index (χ4v) is 4.38. The Morgan fingerprint density at radius 2 is 1.86 bits per heavy atom. The van der Waals surface area contributed by atoms with Crippen LogP contribution in [-0.2, 0) is 21.2 Å². The second-order valence-corrected chi connectivity index (χ2v) is 7.60. The van der Waals surface area contributed by atoms with Crippen LogP contribution in [0.5, 0.6) is 0 Å². The van der Waals surface area contributed by atoms with Gasteiger partial charge in [-0.15, -0.1) is 11.3 Å². The van der Waals surface area contributed by atoms with E-state index in [9.17, 15) is 17.6 Å². The van der Waals surface area contributed by atoms with Crippen molar-refractivity contribution in [1.29, 1.82) is 0 Å². The molecule has 5 nitrogen and oxygen atoms in total. The molecule has 0 saturated heterocycles. The van der Waals surface area contributed by atoms with E-state index in [0.717, 1.165) is 15.6 Å². The number of aliphatic carboxylic acids is 1. The molecule has 0 atom stereocenters. The van der Waals surface area contributed by atoms with Crippen molar-refractivity contribution < 1.29 is 22.7 Å². The lowest BCUT2D eigenvalue weighted by Crippen LogP contribution is -2.25. The van der Waals surface area contributed by atoms with Gasteiger partial charge in [-0.2, -0.15) is 0 Å². The van der Waals surface area contributed by atoms with Gasteiger partial charge in [-0.1, -0.05) is 0 Å². The van der Waals surface area contributed by atoms with Crippen LogP contribution in [0.1, 0.15) is 4.88 Å². The maximum absolute atomic E-state index is 12.9. The number of carbonyl (C=O) groups is 1. The summed E-state index contributed by atoms with van der Waals surface area (Å²) in [7, 11) is -2.42. The largest absolute Gasteiger partial charge is 0.481 e. The third-order valence-corrected chi connectivity index (χ3v) is 6.11. The molecule has 0 spiro atoms. The first-order valence-electron chi connectivity index (χ1n) is 5.85. The Kier molecular flexibility index (Phi) is 4.29. The standard InChI is InChI=1S/C13H12FNO4S2/c1-15(10-4-2-9(14)3-5-10)21(18,19)13-7-6-11(20-13)8-12(16)17/h2-7H,8H2,1H3,(H,16,17). The van der Waals surface area contributed by atoms with Gasteiger partial charge in [0.1, 0.15) is 10.0 Å². The highest BCUT2D eigenvalue weighted by molar-refractivity contribution is 7.94. The Bertz CT molecular complexity index is 753. The summed E-state index contributed by atoms with van der Waals surface area (Å²) in [5.41, 5.74) is 0.324. The van der Waals surface area contributed by atoms with Gasteiger partial charge in [-0.25, -0.2) is 12.8 Å². The zero-order chi connectivity index (χ0) is 15.6. The molecule has 1 aromatic carbocycles. The summed E-state index contributed by atoms with van der Waals surface area (Å²) in [6.45, 7) is 0. The molecule has 1 N–H and O–H groups in total. The van der Waals surface area contributed by atoms with Gasteiger partial charge in [-0.3, -0.25) is 9.10 Å². The Balaban J connectivity index is 2.30. The zero-order valence-electron chi connectivity index (χ0n) is 11.0. The molecule has 0 aliphatic rings. The zero-order valence-corrected chi connectivity index (χ0v) is 12.6. The number of nitrogens with zero attached hydrogens (tertiary/aromatic N) is 1. The number of carboxylic acids is 1. The van der Waals surface area contributed by atoms with Crippen molar-refractivity contribution in [3.05, 3.63) is 47.1 Å². The topological polar surface area (TPSA) is 74.7 Å². The quantitative estimate of drug-likeness (QED) is 0.913. The van der Waals surface area contributed by atoms with Crippen LogP contribution >= 0.6 is 11.3 Å². The van der Waals surface area contributed by atoms with Crippen LogP contribution in [0.15, 0.2) is 40.6 Å².